The number of rotatable bonds is 4. The van der Waals surface area contributed by atoms with E-state index in [1.54, 1.807) is 0 Å². The van der Waals surface area contributed by atoms with E-state index < -0.39 is 0 Å². The van der Waals surface area contributed by atoms with Crippen LogP contribution in [0.15, 0.2) is 18.2 Å². The summed E-state index contributed by atoms with van der Waals surface area (Å²) in [5.74, 6) is 1.97. The molecule has 0 fully saturated rings. The first-order valence-corrected chi connectivity index (χ1v) is 7.82. The van der Waals surface area contributed by atoms with E-state index in [0.717, 1.165) is 33.5 Å². The van der Waals surface area contributed by atoms with Crippen LogP contribution in [0.3, 0.4) is 0 Å². The molecule has 1 heterocycles. The van der Waals surface area contributed by atoms with Gasteiger partial charge in [-0.1, -0.05) is 18.5 Å². The van der Waals surface area contributed by atoms with Gasteiger partial charge in [-0.25, -0.2) is 9.97 Å². The highest BCUT2D eigenvalue weighted by Gasteiger charge is 2.10. The van der Waals surface area contributed by atoms with Crippen LogP contribution in [0.2, 0.25) is 5.02 Å². The number of nitrogens with zero attached hydrogens (tertiary/aromatic N) is 2. The number of nitrogens with two attached hydrogens (primary N) is 1. The molecule has 0 saturated heterocycles. The summed E-state index contributed by atoms with van der Waals surface area (Å²) in [7, 11) is 0. The van der Waals surface area contributed by atoms with Gasteiger partial charge >= 0.3 is 0 Å². The lowest BCUT2D eigenvalue weighted by atomic mass is 10.2. The largest absolute Gasteiger partial charge is 0.383 e. The van der Waals surface area contributed by atoms with Crippen molar-refractivity contribution in [2.45, 2.75) is 26.7 Å². The third kappa shape index (κ3) is 3.52. The first-order chi connectivity index (χ1) is 9.51. The van der Waals surface area contributed by atoms with Crippen LogP contribution in [0.5, 0.6) is 0 Å². The lowest BCUT2D eigenvalue weighted by molar-refractivity contribution is 0.836. The van der Waals surface area contributed by atoms with E-state index in [2.05, 4.69) is 44.8 Å². The van der Waals surface area contributed by atoms with Crippen molar-refractivity contribution in [2.24, 2.45) is 0 Å². The average Bonchev–Trinajstić information content (AvgIpc) is 2.39. The Morgan fingerprint density at radius 2 is 2.10 bits per heavy atom. The van der Waals surface area contributed by atoms with Crippen LogP contribution in [0, 0.1) is 10.5 Å². The van der Waals surface area contributed by atoms with Gasteiger partial charge in [-0.2, -0.15) is 0 Å². The molecule has 1 aromatic carbocycles. The Labute approximate surface area is 137 Å². The summed E-state index contributed by atoms with van der Waals surface area (Å²) in [6.45, 7) is 3.98. The fraction of sp³-hybridized carbons (Fsp3) is 0.286. The van der Waals surface area contributed by atoms with Gasteiger partial charge in [0.2, 0.25) is 0 Å². The van der Waals surface area contributed by atoms with E-state index in [-0.39, 0.29) is 0 Å². The number of anilines is 3. The second kappa shape index (κ2) is 6.58. The number of halogens is 2. The van der Waals surface area contributed by atoms with Crippen molar-refractivity contribution in [3.63, 3.8) is 0 Å². The Bertz CT molecular complexity index is 631. The van der Waals surface area contributed by atoms with Gasteiger partial charge in [0.05, 0.1) is 10.7 Å². The summed E-state index contributed by atoms with van der Waals surface area (Å²) in [6.07, 6.45) is 1.78. The molecule has 4 nitrogen and oxygen atoms in total. The molecule has 0 saturated carbocycles. The highest BCUT2D eigenvalue weighted by Crippen LogP contribution is 2.28. The van der Waals surface area contributed by atoms with Crippen molar-refractivity contribution in [3.8, 4) is 0 Å². The van der Waals surface area contributed by atoms with Crippen molar-refractivity contribution in [1.82, 2.24) is 9.97 Å². The van der Waals surface area contributed by atoms with Crippen LogP contribution in [-0.4, -0.2) is 9.97 Å². The lowest BCUT2D eigenvalue weighted by Crippen LogP contribution is -2.07. The quantitative estimate of drug-likeness (QED) is 0.748. The summed E-state index contributed by atoms with van der Waals surface area (Å²) in [4.78, 5) is 8.81. The Morgan fingerprint density at radius 1 is 1.35 bits per heavy atom. The molecule has 0 aliphatic heterocycles. The first kappa shape index (κ1) is 15.3. The minimum atomic E-state index is 0.507. The molecule has 0 aliphatic rings. The number of hydrogen-bond donors (Lipinski definition) is 2. The average molecular weight is 403 g/mol. The molecule has 1 aromatic heterocycles. The monoisotopic (exact) mass is 402 g/mol. The van der Waals surface area contributed by atoms with E-state index in [0.29, 0.717) is 16.7 Å². The molecule has 2 rings (SSSR count). The normalized spacial score (nSPS) is 10.6. The van der Waals surface area contributed by atoms with E-state index >= 15 is 0 Å². The third-order valence-corrected chi connectivity index (χ3v) is 3.87. The van der Waals surface area contributed by atoms with Gasteiger partial charge in [-0.15, -0.1) is 0 Å². The Hall–Kier alpha value is -1.08. The second-order valence-electron chi connectivity index (χ2n) is 4.50. The number of nitrogens with one attached hydrogen (secondary N) is 1. The Kier molecular flexibility index (Phi) is 5.04. The van der Waals surface area contributed by atoms with Gasteiger partial charge in [0, 0.05) is 15.6 Å². The number of hydrogen-bond acceptors (Lipinski definition) is 4. The minimum absolute atomic E-state index is 0.507. The highest BCUT2D eigenvalue weighted by molar-refractivity contribution is 14.1. The van der Waals surface area contributed by atoms with Gasteiger partial charge in [0.1, 0.15) is 17.5 Å². The number of benzene rings is 1. The molecule has 3 N–H and O–H groups in total. The lowest BCUT2D eigenvalue weighted by Gasteiger charge is -2.13. The zero-order valence-electron chi connectivity index (χ0n) is 11.4. The van der Waals surface area contributed by atoms with Gasteiger partial charge in [0.25, 0.3) is 0 Å². The molecule has 20 heavy (non-hydrogen) atoms. The molecule has 0 unspecified atom stereocenters. The molecule has 0 aliphatic carbocycles. The molecule has 0 bridgehead atoms. The summed E-state index contributed by atoms with van der Waals surface area (Å²) in [5.41, 5.74) is 7.59. The van der Waals surface area contributed by atoms with E-state index in [9.17, 15) is 0 Å². The van der Waals surface area contributed by atoms with Crippen LogP contribution in [-0.2, 0) is 6.42 Å². The zero-order valence-corrected chi connectivity index (χ0v) is 14.3. The number of aryl methyl sites for hydroxylation is 1. The number of aromatic nitrogens is 2. The van der Waals surface area contributed by atoms with E-state index in [1.165, 1.54) is 0 Å². The van der Waals surface area contributed by atoms with Crippen LogP contribution in [0.25, 0.3) is 0 Å². The molecular weight excluding hydrogens is 387 g/mol. The predicted octanol–water partition coefficient (Wildman–Crippen LogP) is 4.32. The van der Waals surface area contributed by atoms with Crippen LogP contribution in [0.1, 0.15) is 24.7 Å². The first-order valence-electron chi connectivity index (χ1n) is 6.36. The maximum absolute atomic E-state index is 6.23. The summed E-state index contributed by atoms with van der Waals surface area (Å²) in [5, 5.41) is 3.90. The molecular formula is C14H16ClIN4. The SMILES string of the molecule is CCCc1nc(N)c(C)c(Nc2ccc(I)cc2Cl)n1. The number of nitrogen functional groups attached to an aromatic ring is 1. The fourth-order valence-corrected chi connectivity index (χ4v) is 2.66. The predicted molar refractivity (Wildman–Crippen MR) is 92.6 cm³/mol. The Morgan fingerprint density at radius 3 is 2.75 bits per heavy atom. The zero-order chi connectivity index (χ0) is 14.7. The van der Waals surface area contributed by atoms with Crippen molar-refractivity contribution in [1.29, 1.82) is 0 Å². The van der Waals surface area contributed by atoms with E-state index in [1.807, 2.05) is 25.1 Å². The maximum Gasteiger partial charge on any atom is 0.139 e. The van der Waals surface area contributed by atoms with Crippen molar-refractivity contribution in [2.75, 3.05) is 11.1 Å². The topological polar surface area (TPSA) is 63.8 Å². The van der Waals surface area contributed by atoms with Crippen molar-refractivity contribution >= 4 is 51.5 Å². The van der Waals surface area contributed by atoms with Gasteiger partial charge < -0.3 is 11.1 Å². The second-order valence-corrected chi connectivity index (χ2v) is 6.15. The molecule has 6 heteroatoms. The molecule has 0 spiro atoms. The maximum atomic E-state index is 6.23. The minimum Gasteiger partial charge on any atom is -0.383 e. The van der Waals surface area contributed by atoms with Crippen LogP contribution >= 0.6 is 34.2 Å². The molecule has 0 amide bonds. The van der Waals surface area contributed by atoms with Gasteiger partial charge in [0.15, 0.2) is 0 Å². The smallest absolute Gasteiger partial charge is 0.139 e. The highest BCUT2D eigenvalue weighted by atomic mass is 127. The Balaban J connectivity index is 2.37. The molecule has 2 aromatic rings. The molecule has 106 valence electrons. The molecule has 0 radical (unpaired) electrons. The van der Waals surface area contributed by atoms with Crippen molar-refractivity contribution < 1.29 is 0 Å². The van der Waals surface area contributed by atoms with Crippen molar-refractivity contribution in [3.05, 3.63) is 38.2 Å². The van der Waals surface area contributed by atoms with E-state index in [4.69, 9.17) is 17.3 Å². The van der Waals surface area contributed by atoms with Crippen LogP contribution < -0.4 is 11.1 Å². The fourth-order valence-electron chi connectivity index (χ4n) is 1.76. The van der Waals surface area contributed by atoms with Crippen LogP contribution in [0.4, 0.5) is 17.3 Å². The summed E-state index contributed by atoms with van der Waals surface area (Å²) >= 11 is 8.45. The third-order valence-electron chi connectivity index (χ3n) is 2.89. The molecule has 0 atom stereocenters. The summed E-state index contributed by atoms with van der Waals surface area (Å²) < 4.78 is 1.09. The van der Waals surface area contributed by atoms with Gasteiger partial charge in [-0.3, -0.25) is 0 Å². The summed E-state index contributed by atoms with van der Waals surface area (Å²) in [6, 6.07) is 5.82. The standard InChI is InChI=1S/C14H16ClIN4/c1-3-4-12-19-13(17)8(2)14(20-12)18-11-6-5-9(16)7-10(11)15/h5-7H,3-4H2,1-2H3,(H3,17,18,19,20). The van der Waals surface area contributed by atoms with Gasteiger partial charge in [-0.05, 0) is 54.1 Å².